The number of hydrogen-bond acceptors (Lipinski definition) is 5. The van der Waals surface area contributed by atoms with E-state index in [0.717, 1.165) is 5.56 Å². The summed E-state index contributed by atoms with van der Waals surface area (Å²) >= 11 is 5.95. The fraction of sp³-hybridized carbons (Fsp3) is 0.0435. The number of rotatable bonds is 7. The molecule has 32 heavy (non-hydrogen) atoms. The SMILES string of the molecule is NC(=O)c1ccc(NC(=O)C(=O)N/N=C/c2ccc(OCc3cccc(Cl)c3)cc2)cc1. The number of ether oxygens (including phenoxy) is 1. The summed E-state index contributed by atoms with van der Waals surface area (Å²) in [6, 6.07) is 20.2. The first-order chi connectivity index (χ1) is 15.4. The van der Waals surface area contributed by atoms with Crippen molar-refractivity contribution in [1.82, 2.24) is 5.43 Å². The Labute approximate surface area is 189 Å². The van der Waals surface area contributed by atoms with Crippen molar-refractivity contribution in [2.45, 2.75) is 6.61 Å². The van der Waals surface area contributed by atoms with E-state index in [0.29, 0.717) is 28.6 Å². The molecule has 0 atom stereocenters. The monoisotopic (exact) mass is 450 g/mol. The molecular formula is C23H19ClN4O4. The highest BCUT2D eigenvalue weighted by Crippen LogP contribution is 2.16. The van der Waals surface area contributed by atoms with Crippen molar-refractivity contribution in [1.29, 1.82) is 0 Å². The van der Waals surface area contributed by atoms with Crippen molar-refractivity contribution >= 4 is 41.2 Å². The van der Waals surface area contributed by atoms with Crippen molar-refractivity contribution < 1.29 is 19.1 Å². The van der Waals surface area contributed by atoms with E-state index in [1.165, 1.54) is 30.5 Å². The Morgan fingerprint density at radius 1 is 0.969 bits per heavy atom. The number of amides is 3. The number of carbonyl (C=O) groups is 3. The molecule has 0 heterocycles. The fourth-order valence-corrected chi connectivity index (χ4v) is 2.78. The van der Waals surface area contributed by atoms with Gasteiger partial charge in [0.2, 0.25) is 5.91 Å². The summed E-state index contributed by atoms with van der Waals surface area (Å²) in [7, 11) is 0. The van der Waals surface area contributed by atoms with Gasteiger partial charge in [-0.15, -0.1) is 0 Å². The molecule has 3 aromatic carbocycles. The summed E-state index contributed by atoms with van der Waals surface area (Å²) in [6.07, 6.45) is 1.40. The van der Waals surface area contributed by atoms with Gasteiger partial charge in [0, 0.05) is 16.3 Å². The van der Waals surface area contributed by atoms with Gasteiger partial charge in [0.05, 0.1) is 6.21 Å². The number of hydrogen-bond donors (Lipinski definition) is 3. The van der Waals surface area contributed by atoms with Crippen molar-refractivity contribution in [2.24, 2.45) is 10.8 Å². The zero-order valence-electron chi connectivity index (χ0n) is 16.7. The lowest BCUT2D eigenvalue weighted by atomic mass is 10.2. The zero-order valence-corrected chi connectivity index (χ0v) is 17.5. The largest absolute Gasteiger partial charge is 0.489 e. The van der Waals surface area contributed by atoms with Crippen LogP contribution in [0.15, 0.2) is 77.9 Å². The third kappa shape index (κ3) is 6.68. The summed E-state index contributed by atoms with van der Waals surface area (Å²) in [5, 5.41) is 6.81. The standard InChI is InChI=1S/C23H19ClN4O4/c24-18-3-1-2-16(12-18)14-32-20-10-4-15(5-11-20)13-26-28-23(31)22(30)27-19-8-6-17(7-9-19)21(25)29/h1-13H,14H2,(H2,25,29)(H,27,30)(H,28,31)/b26-13+. The highest BCUT2D eigenvalue weighted by Gasteiger charge is 2.13. The van der Waals surface area contributed by atoms with Crippen molar-refractivity contribution in [3.63, 3.8) is 0 Å². The van der Waals surface area contributed by atoms with Gasteiger partial charge in [0.15, 0.2) is 0 Å². The van der Waals surface area contributed by atoms with Crippen LogP contribution in [0.4, 0.5) is 5.69 Å². The normalized spacial score (nSPS) is 10.5. The van der Waals surface area contributed by atoms with Gasteiger partial charge in [-0.1, -0.05) is 23.7 Å². The molecule has 0 fully saturated rings. The Balaban J connectivity index is 1.46. The van der Waals surface area contributed by atoms with Crippen LogP contribution in [-0.2, 0) is 16.2 Å². The minimum absolute atomic E-state index is 0.290. The average molecular weight is 451 g/mol. The number of nitrogens with two attached hydrogens (primary N) is 1. The molecule has 8 nitrogen and oxygen atoms in total. The second-order valence-corrected chi connectivity index (χ2v) is 7.02. The zero-order chi connectivity index (χ0) is 22.9. The molecule has 0 bridgehead atoms. The molecule has 9 heteroatoms. The third-order valence-corrected chi connectivity index (χ3v) is 4.42. The molecule has 3 amide bonds. The van der Waals surface area contributed by atoms with Crippen LogP contribution in [0.5, 0.6) is 5.75 Å². The molecule has 0 saturated heterocycles. The van der Waals surface area contributed by atoms with Gasteiger partial charge in [-0.05, 0) is 71.8 Å². The second kappa shape index (κ2) is 10.7. The summed E-state index contributed by atoms with van der Waals surface area (Å²) in [4.78, 5) is 34.8. The third-order valence-electron chi connectivity index (χ3n) is 4.19. The molecule has 0 aliphatic heterocycles. The molecule has 0 spiro atoms. The van der Waals surface area contributed by atoms with Gasteiger partial charge in [-0.25, -0.2) is 5.43 Å². The summed E-state index contributed by atoms with van der Waals surface area (Å²) in [5.74, 6) is -1.77. The summed E-state index contributed by atoms with van der Waals surface area (Å²) in [6.45, 7) is 0.379. The van der Waals surface area contributed by atoms with Crippen LogP contribution < -0.4 is 21.2 Å². The van der Waals surface area contributed by atoms with E-state index in [1.54, 1.807) is 30.3 Å². The predicted octanol–water partition coefficient (Wildman–Crippen LogP) is 3.11. The molecule has 162 valence electrons. The number of nitrogens with zero attached hydrogens (tertiary/aromatic N) is 1. The topological polar surface area (TPSA) is 123 Å². The molecule has 0 saturated carbocycles. The quantitative estimate of drug-likeness (QED) is 0.290. The number of primary amides is 1. The van der Waals surface area contributed by atoms with Crippen molar-refractivity contribution in [2.75, 3.05) is 5.32 Å². The second-order valence-electron chi connectivity index (χ2n) is 6.58. The smallest absolute Gasteiger partial charge is 0.329 e. The highest BCUT2D eigenvalue weighted by atomic mass is 35.5. The number of hydrazone groups is 1. The first kappa shape index (κ1) is 22.5. The number of nitrogens with one attached hydrogen (secondary N) is 2. The lowest BCUT2D eigenvalue weighted by Crippen LogP contribution is -2.32. The molecule has 0 aliphatic carbocycles. The molecular weight excluding hydrogens is 432 g/mol. The lowest BCUT2D eigenvalue weighted by Gasteiger charge is -2.07. The van der Waals surface area contributed by atoms with E-state index in [2.05, 4.69) is 15.8 Å². The average Bonchev–Trinajstić information content (AvgIpc) is 2.79. The number of anilines is 1. The van der Waals surface area contributed by atoms with Crippen molar-refractivity contribution in [3.05, 3.63) is 94.5 Å². The Morgan fingerprint density at radius 3 is 2.34 bits per heavy atom. The number of halogens is 1. The van der Waals surface area contributed by atoms with Gasteiger partial charge in [-0.3, -0.25) is 14.4 Å². The van der Waals surface area contributed by atoms with Crippen LogP contribution in [0.1, 0.15) is 21.5 Å². The molecule has 0 aliphatic rings. The Morgan fingerprint density at radius 2 is 1.69 bits per heavy atom. The lowest BCUT2D eigenvalue weighted by molar-refractivity contribution is -0.136. The maximum absolute atomic E-state index is 11.9. The van der Waals surface area contributed by atoms with Gasteiger partial charge >= 0.3 is 11.8 Å². The first-order valence-corrected chi connectivity index (χ1v) is 9.80. The first-order valence-electron chi connectivity index (χ1n) is 9.42. The fourth-order valence-electron chi connectivity index (χ4n) is 2.57. The molecule has 3 aromatic rings. The van der Waals surface area contributed by atoms with Gasteiger partial charge < -0.3 is 15.8 Å². The van der Waals surface area contributed by atoms with Gasteiger partial charge in [-0.2, -0.15) is 5.10 Å². The van der Waals surface area contributed by atoms with E-state index < -0.39 is 17.7 Å². The molecule has 0 radical (unpaired) electrons. The number of carbonyl (C=O) groups excluding carboxylic acids is 3. The summed E-state index contributed by atoms with van der Waals surface area (Å²) in [5.41, 5.74) is 9.58. The Hall–Kier alpha value is -4.17. The van der Waals surface area contributed by atoms with Crippen LogP contribution in [0, 0.1) is 0 Å². The molecule has 0 aromatic heterocycles. The van der Waals surface area contributed by atoms with E-state index in [-0.39, 0.29) is 5.56 Å². The number of benzene rings is 3. The van der Waals surface area contributed by atoms with Crippen LogP contribution in [0.2, 0.25) is 5.02 Å². The minimum Gasteiger partial charge on any atom is -0.489 e. The molecule has 0 unspecified atom stereocenters. The van der Waals surface area contributed by atoms with Crippen LogP contribution in [0.25, 0.3) is 0 Å². The van der Waals surface area contributed by atoms with Crippen LogP contribution in [-0.4, -0.2) is 23.9 Å². The maximum atomic E-state index is 11.9. The molecule has 4 N–H and O–H groups in total. The van der Waals surface area contributed by atoms with Crippen molar-refractivity contribution in [3.8, 4) is 5.75 Å². The maximum Gasteiger partial charge on any atom is 0.329 e. The van der Waals surface area contributed by atoms with Crippen LogP contribution >= 0.6 is 11.6 Å². The van der Waals surface area contributed by atoms with E-state index in [4.69, 9.17) is 22.1 Å². The van der Waals surface area contributed by atoms with E-state index in [1.807, 2.05) is 18.2 Å². The Bertz CT molecular complexity index is 1150. The predicted molar refractivity (Wildman–Crippen MR) is 122 cm³/mol. The van der Waals surface area contributed by atoms with Crippen LogP contribution in [0.3, 0.4) is 0 Å². The Kier molecular flexibility index (Phi) is 7.55. The van der Waals surface area contributed by atoms with E-state index in [9.17, 15) is 14.4 Å². The van der Waals surface area contributed by atoms with Gasteiger partial charge in [0.1, 0.15) is 12.4 Å². The summed E-state index contributed by atoms with van der Waals surface area (Å²) < 4.78 is 5.70. The molecule has 3 rings (SSSR count). The van der Waals surface area contributed by atoms with E-state index >= 15 is 0 Å². The van der Waals surface area contributed by atoms with Gasteiger partial charge in [0.25, 0.3) is 0 Å². The highest BCUT2D eigenvalue weighted by molar-refractivity contribution is 6.39. The minimum atomic E-state index is -0.943.